The second-order valence-electron chi connectivity index (χ2n) is 0.338. The van der Waals surface area contributed by atoms with E-state index < -0.39 is 5.24 Å². The van der Waals surface area contributed by atoms with Crippen LogP contribution in [-0.4, -0.2) is 28.3 Å². The summed E-state index contributed by atoms with van der Waals surface area (Å²) >= 11 is 3.10. The molecule has 0 aliphatic carbocycles. The summed E-state index contributed by atoms with van der Waals surface area (Å²) in [4.78, 5) is 9.09. The van der Waals surface area contributed by atoms with E-state index >= 15 is 0 Å². The number of carbonyl (C=O) groups is 1. The molecule has 0 aromatic carbocycles. The molecule has 0 atom stereocenters. The number of nitrogens with two attached hydrogens (primary N) is 1. The molecule has 2 radical (unpaired) electrons. The molecule has 0 saturated heterocycles. The first-order valence-electron chi connectivity index (χ1n) is 0.716. The Morgan fingerprint density at radius 2 is 1.80 bits per heavy atom. The van der Waals surface area contributed by atoms with Crippen molar-refractivity contribution in [2.24, 2.45) is 5.73 Å². The van der Waals surface area contributed by atoms with E-state index in [-0.39, 0.29) is 23.1 Å². The van der Waals surface area contributed by atoms with Crippen molar-refractivity contribution in [2.45, 2.75) is 0 Å². The Hall–Kier alpha value is 0.586. The SMILES string of the molecule is NC(=O)S.[Mg]. The highest BCUT2D eigenvalue weighted by Gasteiger charge is 1.63. The normalized spacial score (nSPS) is 5.00. The minimum absolute atomic E-state index is 0. The largest absolute Gasteiger partial charge is 0.361 e. The molecule has 0 aromatic rings. The van der Waals surface area contributed by atoms with Crippen LogP contribution in [0.25, 0.3) is 0 Å². The summed E-state index contributed by atoms with van der Waals surface area (Å²) in [6.07, 6.45) is 0. The van der Waals surface area contributed by atoms with Gasteiger partial charge in [0.2, 0.25) is 0 Å². The molecule has 0 aromatic heterocycles. The Labute approximate surface area is 51.7 Å². The van der Waals surface area contributed by atoms with Gasteiger partial charge in [-0.1, -0.05) is 12.6 Å². The number of hydrogen-bond acceptors (Lipinski definition) is 1. The zero-order chi connectivity index (χ0) is 3.58. The Morgan fingerprint density at radius 1 is 1.80 bits per heavy atom. The van der Waals surface area contributed by atoms with Gasteiger partial charge in [0.05, 0.1) is 0 Å². The zero-order valence-corrected chi connectivity index (χ0v) is 4.95. The third-order valence-electron chi connectivity index (χ3n) is 0. The van der Waals surface area contributed by atoms with Crippen LogP contribution in [0.3, 0.4) is 0 Å². The molecule has 0 fully saturated rings. The molecule has 0 aliphatic rings. The summed E-state index contributed by atoms with van der Waals surface area (Å²) in [6, 6.07) is 0. The van der Waals surface area contributed by atoms with Gasteiger partial charge in [-0.15, -0.1) is 0 Å². The topological polar surface area (TPSA) is 43.1 Å². The average molecular weight is 101 g/mol. The average Bonchev–Trinajstić information content (AvgIpc) is 0.811. The van der Waals surface area contributed by atoms with Gasteiger partial charge in [0, 0.05) is 23.1 Å². The van der Waals surface area contributed by atoms with Crippen LogP contribution in [0.5, 0.6) is 0 Å². The zero-order valence-electron chi connectivity index (χ0n) is 2.64. The van der Waals surface area contributed by atoms with Crippen molar-refractivity contribution < 1.29 is 4.79 Å². The van der Waals surface area contributed by atoms with E-state index in [1.165, 1.54) is 0 Å². The lowest BCUT2D eigenvalue weighted by atomic mass is 11.5. The summed E-state index contributed by atoms with van der Waals surface area (Å²) in [7, 11) is 0. The number of rotatable bonds is 0. The first kappa shape index (κ1) is 9.14. The van der Waals surface area contributed by atoms with E-state index in [2.05, 4.69) is 18.4 Å². The molecule has 0 saturated carbocycles. The van der Waals surface area contributed by atoms with Gasteiger partial charge in [-0.2, -0.15) is 0 Å². The molecule has 5 heavy (non-hydrogen) atoms. The third-order valence-corrected chi connectivity index (χ3v) is 0. The standard InChI is InChI=1S/CH3NOS.Mg/c2-1(3)4;/h(H3,2,3,4);. The van der Waals surface area contributed by atoms with Gasteiger partial charge in [-0.05, 0) is 0 Å². The highest BCUT2D eigenvalue weighted by Crippen LogP contribution is 1.60. The number of carbonyl (C=O) groups excluding carboxylic acids is 1. The van der Waals surface area contributed by atoms with E-state index in [0.717, 1.165) is 0 Å². The van der Waals surface area contributed by atoms with Crippen LogP contribution in [0.1, 0.15) is 0 Å². The van der Waals surface area contributed by atoms with Crippen LogP contribution in [0.4, 0.5) is 4.79 Å². The molecule has 0 unspecified atom stereocenters. The van der Waals surface area contributed by atoms with E-state index in [0.29, 0.717) is 0 Å². The molecule has 1 amide bonds. The Morgan fingerprint density at radius 3 is 1.80 bits per heavy atom. The van der Waals surface area contributed by atoms with E-state index in [1.807, 2.05) is 0 Å². The molecular weight excluding hydrogens is 98.4 g/mol. The van der Waals surface area contributed by atoms with E-state index in [9.17, 15) is 0 Å². The van der Waals surface area contributed by atoms with Crippen molar-refractivity contribution in [3.63, 3.8) is 0 Å². The highest BCUT2D eigenvalue weighted by molar-refractivity contribution is 7.96. The summed E-state index contributed by atoms with van der Waals surface area (Å²) in [5, 5.41) is -0.639. The number of hydrogen-bond donors (Lipinski definition) is 2. The molecule has 26 valence electrons. The monoisotopic (exact) mass is 101 g/mol. The molecule has 0 rings (SSSR count). The molecule has 4 heteroatoms. The Bertz CT molecular complexity index is 34.6. The minimum atomic E-state index is -0.639. The van der Waals surface area contributed by atoms with Crippen LogP contribution in [0, 0.1) is 0 Å². The maximum absolute atomic E-state index is 9.09. The molecule has 2 nitrogen and oxygen atoms in total. The summed E-state index contributed by atoms with van der Waals surface area (Å²) in [6.45, 7) is 0. The molecule has 0 bridgehead atoms. The third kappa shape index (κ3) is 89.3. The number of amides is 1. The second-order valence-corrected chi connectivity index (χ2v) is 0.779. The first-order valence-corrected chi connectivity index (χ1v) is 1.16. The summed E-state index contributed by atoms with van der Waals surface area (Å²) in [5.41, 5.74) is 4.34. The second kappa shape index (κ2) is 4.59. The first-order chi connectivity index (χ1) is 1.73. The van der Waals surface area contributed by atoms with Gasteiger partial charge in [0.15, 0.2) is 0 Å². The Balaban J connectivity index is 0. The maximum Gasteiger partial charge on any atom is 0.273 e. The predicted molar refractivity (Wildman–Crippen MR) is 24.3 cm³/mol. The molecule has 0 spiro atoms. The summed E-state index contributed by atoms with van der Waals surface area (Å²) < 4.78 is 0. The lowest BCUT2D eigenvalue weighted by Crippen LogP contribution is -1.95. The van der Waals surface area contributed by atoms with Crippen LogP contribution >= 0.6 is 12.6 Å². The van der Waals surface area contributed by atoms with Gasteiger partial charge in [0.1, 0.15) is 0 Å². The smallest absolute Gasteiger partial charge is 0.273 e. The highest BCUT2D eigenvalue weighted by atomic mass is 32.1. The van der Waals surface area contributed by atoms with Crippen molar-refractivity contribution in [2.75, 3.05) is 0 Å². The van der Waals surface area contributed by atoms with E-state index in [4.69, 9.17) is 4.79 Å². The number of primary amides is 1. The maximum atomic E-state index is 9.09. The number of thiol groups is 1. The van der Waals surface area contributed by atoms with Crippen molar-refractivity contribution in [1.82, 2.24) is 0 Å². The molecule has 0 heterocycles. The fourth-order valence-electron chi connectivity index (χ4n) is 0. The van der Waals surface area contributed by atoms with Crippen LogP contribution < -0.4 is 5.73 Å². The van der Waals surface area contributed by atoms with E-state index in [1.54, 1.807) is 0 Å². The van der Waals surface area contributed by atoms with Crippen molar-refractivity contribution in [3.05, 3.63) is 0 Å². The quantitative estimate of drug-likeness (QED) is 0.317. The minimum Gasteiger partial charge on any atom is -0.361 e. The van der Waals surface area contributed by atoms with Crippen LogP contribution in [0.15, 0.2) is 0 Å². The van der Waals surface area contributed by atoms with Gasteiger partial charge < -0.3 is 5.73 Å². The Kier molecular flexibility index (Phi) is 8.38. The van der Waals surface area contributed by atoms with Gasteiger partial charge in [-0.25, -0.2) is 0 Å². The van der Waals surface area contributed by atoms with Gasteiger partial charge >= 0.3 is 0 Å². The van der Waals surface area contributed by atoms with Crippen molar-refractivity contribution in [1.29, 1.82) is 0 Å². The molecule has 0 aliphatic heterocycles. The lowest BCUT2D eigenvalue weighted by Gasteiger charge is -1.58. The van der Waals surface area contributed by atoms with Crippen LogP contribution in [0.2, 0.25) is 0 Å². The van der Waals surface area contributed by atoms with Crippen LogP contribution in [-0.2, 0) is 0 Å². The van der Waals surface area contributed by atoms with Crippen molar-refractivity contribution >= 4 is 40.9 Å². The lowest BCUT2D eigenvalue weighted by molar-refractivity contribution is 0.267. The van der Waals surface area contributed by atoms with Gasteiger partial charge in [-0.3, -0.25) is 4.79 Å². The van der Waals surface area contributed by atoms with Gasteiger partial charge in [0.25, 0.3) is 5.24 Å². The molecule has 2 N–H and O–H groups in total. The summed E-state index contributed by atoms with van der Waals surface area (Å²) in [5.74, 6) is 0. The van der Waals surface area contributed by atoms with Crippen molar-refractivity contribution in [3.8, 4) is 0 Å². The fraction of sp³-hybridized carbons (Fsp3) is 0. The predicted octanol–water partition coefficient (Wildman–Crippen LogP) is -0.386. The fourth-order valence-corrected chi connectivity index (χ4v) is 0. The molecular formula is CH3MgNOS.